The number of aryl methyl sites for hydroxylation is 1. The second kappa shape index (κ2) is 9.00. The Bertz CT molecular complexity index is 1370. The summed E-state index contributed by atoms with van der Waals surface area (Å²) in [5.41, 5.74) is 7.35. The molecule has 4 aromatic heterocycles. The molecule has 0 spiro atoms. The van der Waals surface area contributed by atoms with E-state index in [1.165, 1.54) is 25.6 Å². The van der Waals surface area contributed by atoms with E-state index in [0.717, 1.165) is 16.2 Å². The largest absolute Gasteiger partial charge is 0.465 e. The zero-order valence-corrected chi connectivity index (χ0v) is 19.3. The van der Waals surface area contributed by atoms with Crippen LogP contribution in [0.1, 0.15) is 41.6 Å². The Morgan fingerprint density at radius 1 is 1.15 bits per heavy atom. The molecule has 0 aliphatic carbocycles. The number of anilines is 1. The van der Waals surface area contributed by atoms with Gasteiger partial charge in [0.2, 0.25) is 0 Å². The molecule has 2 N–H and O–H groups in total. The van der Waals surface area contributed by atoms with Crippen LogP contribution in [0.3, 0.4) is 0 Å². The molecule has 170 valence electrons. The predicted octanol–water partition coefficient (Wildman–Crippen LogP) is 3.83. The SMILES string of the molecule is COC(=O)c1sc(N)c(C(=O)OC)c1COC(=O)c1cc(-c2cccs2)nc2onc(C)c12. The first-order valence-corrected chi connectivity index (χ1v) is 11.1. The summed E-state index contributed by atoms with van der Waals surface area (Å²) in [6, 6.07) is 5.31. The summed E-state index contributed by atoms with van der Waals surface area (Å²) in [5.74, 6) is -2.19. The number of carbonyl (C=O) groups is 3. The minimum absolute atomic E-state index is 0.0449. The van der Waals surface area contributed by atoms with Gasteiger partial charge in [0.25, 0.3) is 5.71 Å². The first-order valence-electron chi connectivity index (χ1n) is 9.41. The summed E-state index contributed by atoms with van der Waals surface area (Å²) in [5, 5.41) is 6.24. The number of nitrogens with zero attached hydrogens (tertiary/aromatic N) is 2. The standard InChI is InChI=1S/C21H17N3O7S2/c1-9-14-10(7-12(13-5-4-6-32-13)23-18(14)31-24-9)19(25)30-8-11-15(20(26)28-2)17(22)33-16(11)21(27)29-3/h4-7H,8,22H2,1-3H3. The van der Waals surface area contributed by atoms with Gasteiger partial charge in [0, 0.05) is 5.56 Å². The molecule has 0 bridgehead atoms. The first-order chi connectivity index (χ1) is 15.8. The highest BCUT2D eigenvalue weighted by molar-refractivity contribution is 7.18. The second-order valence-electron chi connectivity index (χ2n) is 6.69. The molecule has 4 aromatic rings. The molecule has 4 heterocycles. The molecule has 0 aliphatic rings. The number of esters is 3. The summed E-state index contributed by atoms with van der Waals surface area (Å²) in [6.07, 6.45) is 0. The Balaban J connectivity index is 1.73. The molecule has 4 rings (SSSR count). The van der Waals surface area contributed by atoms with Crippen molar-refractivity contribution in [1.82, 2.24) is 10.1 Å². The predicted molar refractivity (Wildman–Crippen MR) is 120 cm³/mol. The lowest BCUT2D eigenvalue weighted by Gasteiger charge is -2.09. The molecule has 0 saturated carbocycles. The van der Waals surface area contributed by atoms with E-state index in [1.54, 1.807) is 13.0 Å². The van der Waals surface area contributed by atoms with E-state index in [9.17, 15) is 14.4 Å². The number of hydrogen-bond acceptors (Lipinski definition) is 12. The number of rotatable bonds is 6. The summed E-state index contributed by atoms with van der Waals surface area (Å²) < 4.78 is 20.3. The topological polar surface area (TPSA) is 144 Å². The molecule has 12 heteroatoms. The van der Waals surface area contributed by atoms with Crippen molar-refractivity contribution in [2.45, 2.75) is 13.5 Å². The molecule has 0 atom stereocenters. The van der Waals surface area contributed by atoms with Crippen LogP contribution in [-0.2, 0) is 20.8 Å². The maximum absolute atomic E-state index is 13.1. The van der Waals surface area contributed by atoms with E-state index in [0.29, 0.717) is 16.8 Å². The monoisotopic (exact) mass is 487 g/mol. The van der Waals surface area contributed by atoms with Gasteiger partial charge in [-0.05, 0) is 24.4 Å². The molecule has 33 heavy (non-hydrogen) atoms. The van der Waals surface area contributed by atoms with Crippen molar-refractivity contribution >= 4 is 56.7 Å². The van der Waals surface area contributed by atoms with Gasteiger partial charge in [-0.25, -0.2) is 19.4 Å². The highest BCUT2D eigenvalue weighted by Gasteiger charge is 2.29. The fourth-order valence-electron chi connectivity index (χ4n) is 3.23. The summed E-state index contributed by atoms with van der Waals surface area (Å²) in [4.78, 5) is 42.9. The quantitative estimate of drug-likeness (QED) is 0.315. The Kier molecular flexibility index (Phi) is 6.11. The number of thiophene rings is 2. The van der Waals surface area contributed by atoms with Crippen molar-refractivity contribution in [1.29, 1.82) is 0 Å². The maximum Gasteiger partial charge on any atom is 0.348 e. The number of hydrogen-bond donors (Lipinski definition) is 1. The molecule has 0 aromatic carbocycles. The van der Waals surface area contributed by atoms with Crippen LogP contribution in [0.4, 0.5) is 5.00 Å². The lowest BCUT2D eigenvalue weighted by molar-refractivity contribution is 0.0454. The highest BCUT2D eigenvalue weighted by atomic mass is 32.1. The molecule has 10 nitrogen and oxygen atoms in total. The number of nitrogens with two attached hydrogens (primary N) is 1. The van der Waals surface area contributed by atoms with E-state index in [4.69, 9.17) is 24.5 Å². The van der Waals surface area contributed by atoms with Gasteiger partial charge in [0.05, 0.1) is 41.4 Å². The van der Waals surface area contributed by atoms with Crippen molar-refractivity contribution in [3.63, 3.8) is 0 Å². The fraction of sp³-hybridized carbons (Fsp3) is 0.190. The minimum Gasteiger partial charge on any atom is -0.465 e. The number of fused-ring (bicyclic) bond motifs is 1. The average molecular weight is 488 g/mol. The number of nitrogen functional groups attached to an aromatic ring is 1. The van der Waals surface area contributed by atoms with E-state index in [1.807, 2.05) is 17.5 Å². The molecule has 0 fully saturated rings. The summed E-state index contributed by atoms with van der Waals surface area (Å²) in [7, 11) is 2.38. The van der Waals surface area contributed by atoms with Crippen molar-refractivity contribution in [3.8, 4) is 10.6 Å². The Morgan fingerprint density at radius 3 is 2.58 bits per heavy atom. The van der Waals surface area contributed by atoms with Crippen molar-refractivity contribution in [2.75, 3.05) is 20.0 Å². The lowest BCUT2D eigenvalue weighted by Crippen LogP contribution is -2.13. The van der Waals surface area contributed by atoms with E-state index in [-0.39, 0.29) is 32.3 Å². The molecule has 0 unspecified atom stereocenters. The molecule has 0 aliphatic heterocycles. The van der Waals surface area contributed by atoms with Crippen LogP contribution in [0.2, 0.25) is 0 Å². The number of pyridine rings is 1. The average Bonchev–Trinajstić information content (AvgIpc) is 3.55. The smallest absolute Gasteiger partial charge is 0.348 e. The van der Waals surface area contributed by atoms with Gasteiger partial charge < -0.3 is 24.5 Å². The zero-order chi connectivity index (χ0) is 23.7. The van der Waals surface area contributed by atoms with Crippen LogP contribution < -0.4 is 5.73 Å². The Hall–Kier alpha value is -3.77. The summed E-state index contributed by atoms with van der Waals surface area (Å²) in [6.45, 7) is 1.27. The van der Waals surface area contributed by atoms with Gasteiger partial charge in [0.1, 0.15) is 22.0 Å². The van der Waals surface area contributed by atoms with E-state index in [2.05, 4.69) is 10.1 Å². The van der Waals surface area contributed by atoms with Gasteiger partial charge in [-0.15, -0.1) is 22.7 Å². The van der Waals surface area contributed by atoms with Crippen LogP contribution in [0.5, 0.6) is 0 Å². The molecule has 0 saturated heterocycles. The number of ether oxygens (including phenoxy) is 3. The van der Waals surface area contributed by atoms with Gasteiger partial charge in [-0.2, -0.15) is 0 Å². The molecule has 0 amide bonds. The summed E-state index contributed by atoms with van der Waals surface area (Å²) >= 11 is 2.30. The fourth-order valence-corrected chi connectivity index (χ4v) is 4.89. The van der Waals surface area contributed by atoms with Gasteiger partial charge in [-0.1, -0.05) is 11.2 Å². The second-order valence-corrected chi connectivity index (χ2v) is 8.69. The van der Waals surface area contributed by atoms with Gasteiger partial charge >= 0.3 is 17.9 Å². The highest BCUT2D eigenvalue weighted by Crippen LogP contribution is 2.34. The van der Waals surface area contributed by atoms with Crippen molar-refractivity contribution < 1.29 is 33.1 Å². The van der Waals surface area contributed by atoms with Crippen molar-refractivity contribution in [2.24, 2.45) is 0 Å². The van der Waals surface area contributed by atoms with Crippen LogP contribution in [0, 0.1) is 6.92 Å². The third kappa shape index (κ3) is 4.05. The Morgan fingerprint density at radius 2 is 1.91 bits per heavy atom. The Labute approximate surface area is 194 Å². The number of methoxy groups -OCH3 is 2. The van der Waals surface area contributed by atoms with Crippen LogP contribution in [0.25, 0.3) is 21.7 Å². The van der Waals surface area contributed by atoms with Crippen LogP contribution in [-0.4, -0.2) is 42.3 Å². The normalized spacial score (nSPS) is 10.9. The van der Waals surface area contributed by atoms with Gasteiger partial charge in [-0.3, -0.25) is 0 Å². The van der Waals surface area contributed by atoms with Crippen molar-refractivity contribution in [3.05, 3.63) is 50.8 Å². The number of carbonyl (C=O) groups excluding carboxylic acids is 3. The number of aromatic nitrogens is 2. The third-order valence-electron chi connectivity index (χ3n) is 4.75. The minimum atomic E-state index is -0.758. The van der Waals surface area contributed by atoms with Crippen LogP contribution >= 0.6 is 22.7 Å². The lowest BCUT2D eigenvalue weighted by atomic mass is 10.1. The molecule has 0 radical (unpaired) electrons. The van der Waals surface area contributed by atoms with E-state index < -0.39 is 24.5 Å². The van der Waals surface area contributed by atoms with E-state index >= 15 is 0 Å². The van der Waals surface area contributed by atoms with Crippen LogP contribution in [0.15, 0.2) is 28.1 Å². The third-order valence-corrected chi connectivity index (χ3v) is 6.69. The van der Waals surface area contributed by atoms with Gasteiger partial charge in [0.15, 0.2) is 0 Å². The first kappa shape index (κ1) is 22.4. The zero-order valence-electron chi connectivity index (χ0n) is 17.7. The molecular weight excluding hydrogens is 470 g/mol. The maximum atomic E-state index is 13.1. The molecular formula is C21H17N3O7S2.